The summed E-state index contributed by atoms with van der Waals surface area (Å²) >= 11 is 1.28. The van der Waals surface area contributed by atoms with Crippen molar-refractivity contribution in [3.05, 3.63) is 71.5 Å². The van der Waals surface area contributed by atoms with Gasteiger partial charge in [0.1, 0.15) is 21.5 Å². The van der Waals surface area contributed by atoms with E-state index < -0.39 is 5.97 Å². The molecule has 0 spiro atoms. The molecule has 4 rings (SSSR count). The second-order valence-corrected chi connectivity index (χ2v) is 7.41. The molecule has 2 aromatic carbocycles. The number of nitrogens with one attached hydrogen (secondary N) is 2. The molecule has 0 amide bonds. The van der Waals surface area contributed by atoms with Gasteiger partial charge in [0, 0.05) is 23.0 Å². The maximum absolute atomic E-state index is 12.6. The van der Waals surface area contributed by atoms with Crippen LogP contribution in [0.2, 0.25) is 0 Å². The minimum atomic E-state index is -0.397. The quantitative estimate of drug-likeness (QED) is 0.322. The minimum Gasteiger partial charge on any atom is -0.462 e. The van der Waals surface area contributed by atoms with Crippen molar-refractivity contribution in [2.24, 2.45) is 0 Å². The van der Waals surface area contributed by atoms with E-state index >= 15 is 0 Å². The van der Waals surface area contributed by atoms with Crippen molar-refractivity contribution < 1.29 is 9.53 Å². The fourth-order valence-corrected chi connectivity index (χ4v) is 3.87. The van der Waals surface area contributed by atoms with E-state index in [1.807, 2.05) is 60.7 Å². The number of nitriles is 1. The Morgan fingerprint density at radius 2 is 2.03 bits per heavy atom. The number of allylic oxidation sites excluding steroid dienone is 1. The van der Waals surface area contributed by atoms with Crippen LogP contribution in [0, 0.1) is 11.3 Å². The number of anilines is 1. The molecule has 0 aliphatic carbocycles. The highest BCUT2D eigenvalue weighted by molar-refractivity contribution is 7.17. The van der Waals surface area contributed by atoms with Gasteiger partial charge in [-0.3, -0.25) is 0 Å². The number of H-pyrrole nitrogens is 1. The molecule has 10 heteroatoms. The highest BCUT2D eigenvalue weighted by Crippen LogP contribution is 2.35. The molecule has 0 bridgehead atoms. The largest absolute Gasteiger partial charge is 0.462 e. The van der Waals surface area contributed by atoms with Gasteiger partial charge < -0.3 is 10.1 Å². The lowest BCUT2D eigenvalue weighted by Gasteiger charge is -2.03. The molecule has 0 aliphatic heterocycles. The number of thiazole rings is 1. The molecule has 32 heavy (non-hydrogen) atoms. The molecule has 0 unspecified atom stereocenters. The normalized spacial score (nSPS) is 11.1. The second-order valence-electron chi connectivity index (χ2n) is 6.41. The van der Waals surface area contributed by atoms with Crippen LogP contribution in [0.3, 0.4) is 0 Å². The molecule has 9 nitrogen and oxygen atoms in total. The summed E-state index contributed by atoms with van der Waals surface area (Å²) in [7, 11) is 0. The van der Waals surface area contributed by atoms with Crippen molar-refractivity contribution in [3.63, 3.8) is 0 Å². The van der Waals surface area contributed by atoms with E-state index in [1.54, 1.807) is 6.92 Å². The van der Waals surface area contributed by atoms with Gasteiger partial charge in [0.15, 0.2) is 0 Å². The number of ether oxygens (including phenoxy) is 1. The van der Waals surface area contributed by atoms with Gasteiger partial charge in [0.25, 0.3) is 0 Å². The van der Waals surface area contributed by atoms with Crippen LogP contribution in [0.25, 0.3) is 27.4 Å². The molecule has 0 radical (unpaired) electrons. The fourth-order valence-electron chi connectivity index (χ4n) is 2.89. The smallest absolute Gasteiger partial charge is 0.350 e. The zero-order valence-corrected chi connectivity index (χ0v) is 17.8. The fraction of sp³-hybridized carbons (Fsp3) is 0.0909. The number of rotatable bonds is 7. The zero-order chi connectivity index (χ0) is 22.3. The second kappa shape index (κ2) is 9.63. The number of carbonyl (C=O) groups is 1. The van der Waals surface area contributed by atoms with E-state index in [0.717, 1.165) is 16.8 Å². The van der Waals surface area contributed by atoms with Crippen molar-refractivity contribution in [3.8, 4) is 27.9 Å². The molecule has 4 aromatic rings. The van der Waals surface area contributed by atoms with Crippen molar-refractivity contribution in [2.75, 3.05) is 11.9 Å². The highest BCUT2D eigenvalue weighted by atomic mass is 32.1. The topological polar surface area (TPSA) is 129 Å². The first-order valence-corrected chi connectivity index (χ1v) is 10.5. The molecule has 2 aromatic heterocycles. The van der Waals surface area contributed by atoms with Gasteiger partial charge in [-0.2, -0.15) is 10.5 Å². The number of aromatic amines is 1. The Balaban J connectivity index is 1.67. The van der Waals surface area contributed by atoms with Crippen LogP contribution in [-0.2, 0) is 4.74 Å². The van der Waals surface area contributed by atoms with Crippen LogP contribution in [-0.4, -0.2) is 38.2 Å². The van der Waals surface area contributed by atoms with E-state index in [4.69, 9.17) is 9.72 Å². The Morgan fingerprint density at radius 1 is 1.22 bits per heavy atom. The summed E-state index contributed by atoms with van der Waals surface area (Å²) < 4.78 is 5.24. The number of esters is 1. The monoisotopic (exact) mass is 443 g/mol. The van der Waals surface area contributed by atoms with Crippen LogP contribution >= 0.6 is 11.3 Å². The number of benzene rings is 2. The lowest BCUT2D eigenvalue weighted by atomic mass is 10.1. The first-order chi connectivity index (χ1) is 15.7. The van der Waals surface area contributed by atoms with Gasteiger partial charge >= 0.3 is 5.97 Å². The van der Waals surface area contributed by atoms with Crippen molar-refractivity contribution in [1.82, 2.24) is 25.6 Å². The third-order valence-corrected chi connectivity index (χ3v) is 5.42. The van der Waals surface area contributed by atoms with Gasteiger partial charge in [0.2, 0.25) is 5.82 Å². The third-order valence-electron chi connectivity index (χ3n) is 4.33. The molecular formula is C22H17N7O2S. The average Bonchev–Trinajstić information content (AvgIpc) is 3.51. The van der Waals surface area contributed by atoms with Crippen molar-refractivity contribution in [2.45, 2.75) is 6.92 Å². The van der Waals surface area contributed by atoms with Crippen molar-refractivity contribution >= 4 is 28.6 Å². The molecule has 158 valence electrons. The van der Waals surface area contributed by atoms with Crippen LogP contribution in [0.15, 0.2) is 60.8 Å². The van der Waals surface area contributed by atoms with Crippen LogP contribution in [0.4, 0.5) is 5.69 Å². The lowest BCUT2D eigenvalue weighted by Crippen LogP contribution is -2.03. The number of nitrogens with zero attached hydrogens (tertiary/aromatic N) is 5. The molecule has 0 atom stereocenters. The molecule has 0 saturated carbocycles. The van der Waals surface area contributed by atoms with Gasteiger partial charge in [-0.1, -0.05) is 42.5 Å². The molecular weight excluding hydrogens is 426 g/mol. The Labute approximate surface area is 187 Å². The number of hydrogen-bond acceptors (Lipinski definition) is 9. The summed E-state index contributed by atoms with van der Waals surface area (Å²) in [6, 6.07) is 19.0. The lowest BCUT2D eigenvalue weighted by molar-refractivity contribution is 0.0532. The summed E-state index contributed by atoms with van der Waals surface area (Å²) in [6.07, 6.45) is 1.51. The van der Waals surface area contributed by atoms with E-state index in [1.165, 1.54) is 17.5 Å². The summed E-state index contributed by atoms with van der Waals surface area (Å²) in [5.41, 5.74) is 3.21. The maximum atomic E-state index is 12.6. The van der Waals surface area contributed by atoms with Crippen LogP contribution < -0.4 is 5.32 Å². The third kappa shape index (κ3) is 4.53. The number of carbonyl (C=O) groups excluding carboxylic acids is 1. The molecule has 2 heterocycles. The van der Waals surface area contributed by atoms with Crippen molar-refractivity contribution in [1.29, 1.82) is 5.26 Å². The highest BCUT2D eigenvalue weighted by Gasteiger charge is 2.21. The summed E-state index contributed by atoms with van der Waals surface area (Å²) in [5, 5.41) is 26.5. The van der Waals surface area contributed by atoms with Gasteiger partial charge in [0.05, 0.1) is 12.3 Å². The minimum absolute atomic E-state index is 0.197. The van der Waals surface area contributed by atoms with Crippen LogP contribution in [0.5, 0.6) is 0 Å². The predicted octanol–water partition coefficient (Wildman–Crippen LogP) is 4.14. The Morgan fingerprint density at radius 3 is 2.75 bits per heavy atom. The van der Waals surface area contributed by atoms with E-state index in [9.17, 15) is 10.1 Å². The van der Waals surface area contributed by atoms with Gasteiger partial charge in [-0.15, -0.1) is 21.5 Å². The molecule has 0 fully saturated rings. The predicted molar refractivity (Wildman–Crippen MR) is 120 cm³/mol. The number of tetrazole rings is 1. The summed E-state index contributed by atoms with van der Waals surface area (Å²) in [6.45, 7) is 2.06. The van der Waals surface area contributed by atoms with E-state index in [2.05, 4.69) is 25.9 Å². The SMILES string of the molecule is CCOC(=O)c1sc(-c2cccc(NC=C(C#N)c3nn[nH]n3)c2)nc1-c1ccccc1. The Hall–Kier alpha value is -4.36. The molecule has 2 N–H and O–H groups in total. The van der Waals surface area contributed by atoms with Crippen LogP contribution in [0.1, 0.15) is 22.4 Å². The Kier molecular flexibility index (Phi) is 6.29. The van der Waals surface area contributed by atoms with E-state index in [0.29, 0.717) is 15.6 Å². The number of aromatic nitrogens is 5. The molecule has 0 aliphatic rings. The standard InChI is InChI=1S/C22H17N7O2S/c1-2-31-22(30)19-18(14-7-4-3-5-8-14)25-21(32-19)15-9-6-10-17(11-15)24-13-16(12-23)20-26-28-29-27-20/h3-11,13,24H,2H2,1H3,(H,26,27,28,29). The summed E-state index contributed by atoms with van der Waals surface area (Å²) in [5.74, 6) is -0.200. The number of hydrogen-bond donors (Lipinski definition) is 2. The Bertz CT molecular complexity index is 1290. The summed E-state index contributed by atoms with van der Waals surface area (Å²) in [4.78, 5) is 17.7. The van der Waals surface area contributed by atoms with E-state index in [-0.39, 0.29) is 18.0 Å². The first kappa shape index (κ1) is 20.9. The van der Waals surface area contributed by atoms with Gasteiger partial charge in [-0.05, 0) is 24.3 Å². The average molecular weight is 443 g/mol. The molecule has 0 saturated heterocycles. The maximum Gasteiger partial charge on any atom is 0.350 e. The first-order valence-electron chi connectivity index (χ1n) is 9.64. The van der Waals surface area contributed by atoms with Gasteiger partial charge in [-0.25, -0.2) is 9.78 Å². The zero-order valence-electron chi connectivity index (χ0n) is 16.9.